The molecule has 0 aliphatic rings. The van der Waals surface area contributed by atoms with Crippen LogP contribution in [0.3, 0.4) is 0 Å². The number of hydrogen-bond donors (Lipinski definition) is 2. The third kappa shape index (κ3) is 9.23. The summed E-state index contributed by atoms with van der Waals surface area (Å²) in [6.45, 7) is 2.95. The van der Waals surface area contributed by atoms with E-state index in [0.29, 0.717) is 18.1 Å². The molecule has 8 heteroatoms. The molecule has 7 nitrogen and oxygen atoms in total. The van der Waals surface area contributed by atoms with Crippen molar-refractivity contribution in [2.75, 3.05) is 26.0 Å². The fourth-order valence-corrected chi connectivity index (χ4v) is 3.54. The average Bonchev–Trinajstić information content (AvgIpc) is 2.77. The van der Waals surface area contributed by atoms with Gasteiger partial charge in [-0.1, -0.05) is 49.7 Å². The Morgan fingerprint density at radius 2 is 1.87 bits per heavy atom. The van der Waals surface area contributed by atoms with Crippen molar-refractivity contribution in [3.63, 3.8) is 0 Å². The Kier molecular flexibility index (Phi) is 10.1. The highest BCUT2D eigenvalue weighted by atomic mass is 32.2. The first-order valence-electron chi connectivity index (χ1n) is 10.2. The number of benzene rings is 2. The van der Waals surface area contributed by atoms with Gasteiger partial charge in [-0.2, -0.15) is 0 Å². The molecule has 2 N–H and O–H groups in total. The van der Waals surface area contributed by atoms with Crippen LogP contribution in [0.4, 0.5) is 0 Å². The van der Waals surface area contributed by atoms with Crippen molar-refractivity contribution < 1.29 is 22.7 Å². The number of amides is 1. The molecule has 0 unspecified atom stereocenters. The lowest BCUT2D eigenvalue weighted by Crippen LogP contribution is -2.33. The summed E-state index contributed by atoms with van der Waals surface area (Å²) in [6, 6.07) is 14.7. The first kappa shape index (κ1) is 24.4. The summed E-state index contributed by atoms with van der Waals surface area (Å²) >= 11 is 0. The van der Waals surface area contributed by atoms with Crippen molar-refractivity contribution in [3.8, 4) is 11.5 Å². The lowest BCUT2D eigenvalue weighted by Gasteiger charge is -2.11. The van der Waals surface area contributed by atoms with E-state index < -0.39 is 10.0 Å². The van der Waals surface area contributed by atoms with Gasteiger partial charge in [0.25, 0.3) is 0 Å². The van der Waals surface area contributed by atoms with Gasteiger partial charge in [-0.3, -0.25) is 4.79 Å². The molecule has 168 valence electrons. The predicted octanol–water partition coefficient (Wildman–Crippen LogP) is 3.12. The lowest BCUT2D eigenvalue weighted by molar-refractivity contribution is -0.116. The fraction of sp³-hybridized carbons (Fsp3) is 0.348. The second kappa shape index (κ2) is 12.8. The lowest BCUT2D eigenvalue weighted by atomic mass is 10.2. The SMILES string of the molecule is CCCCOc1ccc(/C=C/C(=O)NCCS(=O)(=O)NCc2ccccc2)cc1OC. The number of rotatable bonds is 13. The summed E-state index contributed by atoms with van der Waals surface area (Å²) in [5.74, 6) is 0.678. The molecular weight excluding hydrogens is 416 g/mol. The van der Waals surface area contributed by atoms with Gasteiger partial charge in [0.05, 0.1) is 19.5 Å². The van der Waals surface area contributed by atoms with E-state index in [4.69, 9.17) is 9.47 Å². The number of nitrogens with one attached hydrogen (secondary N) is 2. The molecule has 0 bridgehead atoms. The van der Waals surface area contributed by atoms with E-state index in [1.54, 1.807) is 25.3 Å². The highest BCUT2D eigenvalue weighted by Gasteiger charge is 2.10. The van der Waals surface area contributed by atoms with Crippen LogP contribution in [-0.4, -0.2) is 40.3 Å². The summed E-state index contributed by atoms with van der Waals surface area (Å²) in [7, 11) is -1.92. The standard InChI is InChI=1S/C23H30N2O5S/c1-3-4-15-30-21-12-10-19(17-22(21)29-2)11-13-23(26)24-14-16-31(27,28)25-18-20-8-6-5-7-9-20/h5-13,17,25H,3-4,14-16,18H2,1-2H3,(H,24,26)/b13-11+. The number of hydrogen-bond acceptors (Lipinski definition) is 5. The van der Waals surface area contributed by atoms with E-state index >= 15 is 0 Å². The van der Waals surface area contributed by atoms with Gasteiger partial charge < -0.3 is 14.8 Å². The second-order valence-corrected chi connectivity index (χ2v) is 8.79. The van der Waals surface area contributed by atoms with Crippen molar-refractivity contribution in [1.82, 2.24) is 10.0 Å². The Morgan fingerprint density at radius 1 is 1.10 bits per heavy atom. The Balaban J connectivity index is 1.79. The van der Waals surface area contributed by atoms with Crippen LogP contribution in [0.5, 0.6) is 11.5 Å². The normalized spacial score (nSPS) is 11.4. The van der Waals surface area contributed by atoms with Crippen molar-refractivity contribution in [3.05, 3.63) is 65.7 Å². The Morgan fingerprint density at radius 3 is 2.58 bits per heavy atom. The van der Waals surface area contributed by atoms with Gasteiger partial charge >= 0.3 is 0 Å². The van der Waals surface area contributed by atoms with Gasteiger partial charge in [0.1, 0.15) is 0 Å². The Labute approximate surface area is 184 Å². The molecule has 31 heavy (non-hydrogen) atoms. The van der Waals surface area contributed by atoms with E-state index in [9.17, 15) is 13.2 Å². The summed E-state index contributed by atoms with van der Waals surface area (Å²) < 4.78 is 37.7. The second-order valence-electron chi connectivity index (χ2n) is 6.86. The molecule has 1 amide bonds. The monoisotopic (exact) mass is 446 g/mol. The molecule has 2 rings (SSSR count). The third-order valence-electron chi connectivity index (χ3n) is 4.38. The van der Waals surface area contributed by atoms with Crippen LogP contribution < -0.4 is 19.5 Å². The minimum absolute atomic E-state index is 0.0147. The number of carbonyl (C=O) groups excluding carboxylic acids is 1. The molecule has 0 saturated carbocycles. The molecular formula is C23H30N2O5S. The van der Waals surface area contributed by atoms with Crippen LogP contribution in [0, 0.1) is 0 Å². The van der Waals surface area contributed by atoms with Crippen LogP contribution >= 0.6 is 0 Å². The third-order valence-corrected chi connectivity index (χ3v) is 5.71. The van der Waals surface area contributed by atoms with Gasteiger partial charge in [-0.05, 0) is 35.8 Å². The number of sulfonamides is 1. The first-order chi connectivity index (χ1) is 14.9. The molecule has 2 aromatic rings. The molecule has 0 spiro atoms. The first-order valence-corrected chi connectivity index (χ1v) is 11.9. The van der Waals surface area contributed by atoms with E-state index in [1.165, 1.54) is 6.08 Å². The minimum atomic E-state index is -3.49. The number of methoxy groups -OCH3 is 1. The van der Waals surface area contributed by atoms with E-state index in [2.05, 4.69) is 17.0 Å². The topological polar surface area (TPSA) is 93.7 Å². The highest BCUT2D eigenvalue weighted by molar-refractivity contribution is 7.89. The van der Waals surface area contributed by atoms with Gasteiger partial charge in [0, 0.05) is 19.2 Å². The van der Waals surface area contributed by atoms with E-state index in [-0.39, 0.29) is 24.7 Å². The van der Waals surface area contributed by atoms with Gasteiger partial charge in [-0.15, -0.1) is 0 Å². The quantitative estimate of drug-likeness (QED) is 0.364. The zero-order valence-electron chi connectivity index (χ0n) is 18.0. The van der Waals surface area contributed by atoms with Crippen LogP contribution in [0.25, 0.3) is 6.08 Å². The van der Waals surface area contributed by atoms with Gasteiger partial charge in [0.2, 0.25) is 15.9 Å². The Hall–Kier alpha value is -2.84. The smallest absolute Gasteiger partial charge is 0.244 e. The minimum Gasteiger partial charge on any atom is -0.493 e. The van der Waals surface area contributed by atoms with Crippen LogP contribution in [0.2, 0.25) is 0 Å². The van der Waals surface area contributed by atoms with Gasteiger partial charge in [0.15, 0.2) is 11.5 Å². The average molecular weight is 447 g/mol. The molecule has 0 aliphatic heterocycles. The largest absolute Gasteiger partial charge is 0.493 e. The summed E-state index contributed by atoms with van der Waals surface area (Å²) in [5, 5.41) is 2.58. The number of unbranched alkanes of at least 4 members (excludes halogenated alkanes) is 1. The van der Waals surface area contributed by atoms with E-state index in [0.717, 1.165) is 24.0 Å². The van der Waals surface area contributed by atoms with Crippen LogP contribution in [-0.2, 0) is 21.4 Å². The number of carbonyl (C=O) groups is 1. The van der Waals surface area contributed by atoms with Crippen molar-refractivity contribution in [2.45, 2.75) is 26.3 Å². The molecule has 0 fully saturated rings. The maximum absolute atomic E-state index is 12.1. The predicted molar refractivity (Wildman–Crippen MR) is 123 cm³/mol. The summed E-state index contributed by atoms with van der Waals surface area (Å²) in [5.41, 5.74) is 1.64. The van der Waals surface area contributed by atoms with E-state index in [1.807, 2.05) is 36.4 Å². The molecule has 0 atom stereocenters. The zero-order valence-corrected chi connectivity index (χ0v) is 18.8. The van der Waals surface area contributed by atoms with Crippen LogP contribution in [0.15, 0.2) is 54.6 Å². The fourth-order valence-electron chi connectivity index (χ4n) is 2.63. The molecule has 0 aromatic heterocycles. The molecule has 0 radical (unpaired) electrons. The molecule has 2 aromatic carbocycles. The molecule has 0 heterocycles. The zero-order chi connectivity index (χ0) is 22.5. The summed E-state index contributed by atoms with van der Waals surface area (Å²) in [6.07, 6.45) is 5.00. The van der Waals surface area contributed by atoms with Gasteiger partial charge in [-0.25, -0.2) is 13.1 Å². The van der Waals surface area contributed by atoms with Crippen molar-refractivity contribution in [1.29, 1.82) is 0 Å². The number of ether oxygens (including phenoxy) is 2. The van der Waals surface area contributed by atoms with Crippen molar-refractivity contribution in [2.24, 2.45) is 0 Å². The summed E-state index contributed by atoms with van der Waals surface area (Å²) in [4.78, 5) is 12.0. The maximum atomic E-state index is 12.1. The molecule has 0 aliphatic carbocycles. The highest BCUT2D eigenvalue weighted by Crippen LogP contribution is 2.28. The molecule has 0 saturated heterocycles. The Bertz CT molecular complexity index is 959. The van der Waals surface area contributed by atoms with Crippen LogP contribution in [0.1, 0.15) is 30.9 Å². The maximum Gasteiger partial charge on any atom is 0.244 e. The van der Waals surface area contributed by atoms with Crippen molar-refractivity contribution >= 4 is 22.0 Å².